The largest absolute Gasteiger partial charge is 0.481 e. The van der Waals surface area contributed by atoms with Crippen molar-refractivity contribution in [2.45, 2.75) is 32.9 Å². The lowest BCUT2D eigenvalue weighted by Gasteiger charge is -2.29. The number of hydrogen-bond donors (Lipinski definition) is 1. The summed E-state index contributed by atoms with van der Waals surface area (Å²) < 4.78 is 19.1. The molecule has 2 amide bonds. The van der Waals surface area contributed by atoms with Gasteiger partial charge in [-0.25, -0.2) is 4.39 Å². The molecular formula is C21H23Cl2FN2O3. The molecule has 1 atom stereocenters. The van der Waals surface area contributed by atoms with Crippen molar-refractivity contribution >= 4 is 35.0 Å². The third-order valence-electron chi connectivity index (χ3n) is 4.29. The van der Waals surface area contributed by atoms with Crippen molar-refractivity contribution in [1.29, 1.82) is 0 Å². The minimum Gasteiger partial charge on any atom is -0.481 e. The van der Waals surface area contributed by atoms with Crippen LogP contribution in [0, 0.1) is 5.82 Å². The summed E-state index contributed by atoms with van der Waals surface area (Å²) in [6.45, 7) is 3.60. The zero-order chi connectivity index (χ0) is 21.4. The molecule has 1 N–H and O–H groups in total. The molecule has 1 unspecified atom stereocenters. The summed E-state index contributed by atoms with van der Waals surface area (Å²) in [5.74, 6) is -1.42. The van der Waals surface area contributed by atoms with Crippen molar-refractivity contribution in [2.24, 2.45) is 0 Å². The molecule has 0 aromatic heterocycles. The van der Waals surface area contributed by atoms with E-state index in [1.54, 1.807) is 31.2 Å². The Bertz CT molecular complexity index is 843. The van der Waals surface area contributed by atoms with Crippen LogP contribution in [0.4, 0.5) is 4.39 Å². The van der Waals surface area contributed by atoms with Crippen molar-refractivity contribution < 1.29 is 18.7 Å². The molecule has 5 nitrogen and oxygen atoms in total. The zero-order valence-electron chi connectivity index (χ0n) is 16.3. The summed E-state index contributed by atoms with van der Waals surface area (Å²) in [5, 5.41) is 3.53. The molecule has 0 bridgehead atoms. The molecule has 2 aromatic rings. The summed E-state index contributed by atoms with van der Waals surface area (Å²) in [5.41, 5.74) is 0.519. The molecule has 0 radical (unpaired) electrons. The van der Waals surface area contributed by atoms with Gasteiger partial charge in [0.2, 0.25) is 5.91 Å². The normalized spacial score (nSPS) is 11.6. The van der Waals surface area contributed by atoms with Gasteiger partial charge in [-0.1, -0.05) is 48.3 Å². The molecule has 0 saturated heterocycles. The first-order valence-corrected chi connectivity index (χ1v) is 9.98. The molecule has 0 saturated carbocycles. The maximum atomic E-state index is 13.8. The highest BCUT2D eigenvalue weighted by atomic mass is 35.5. The van der Waals surface area contributed by atoms with Crippen molar-refractivity contribution in [3.63, 3.8) is 0 Å². The van der Waals surface area contributed by atoms with Gasteiger partial charge in [0.05, 0.1) is 0 Å². The van der Waals surface area contributed by atoms with Crippen LogP contribution in [0.5, 0.6) is 5.75 Å². The molecule has 0 heterocycles. The highest BCUT2D eigenvalue weighted by Gasteiger charge is 2.27. The number of para-hydroxylation sites is 1. The fourth-order valence-corrected chi connectivity index (χ4v) is 3.13. The number of ether oxygens (including phenoxy) is 1. The highest BCUT2D eigenvalue weighted by Crippen LogP contribution is 2.26. The second-order valence-corrected chi connectivity index (χ2v) is 7.22. The van der Waals surface area contributed by atoms with E-state index >= 15 is 0 Å². The van der Waals surface area contributed by atoms with Gasteiger partial charge in [-0.2, -0.15) is 0 Å². The number of amides is 2. The summed E-state index contributed by atoms with van der Waals surface area (Å²) in [4.78, 5) is 26.7. The first kappa shape index (κ1) is 23.0. The molecule has 0 aliphatic carbocycles. The first-order valence-electron chi connectivity index (χ1n) is 9.22. The van der Waals surface area contributed by atoms with Gasteiger partial charge in [0.1, 0.15) is 6.04 Å². The van der Waals surface area contributed by atoms with Crippen molar-refractivity contribution in [3.8, 4) is 5.75 Å². The van der Waals surface area contributed by atoms with Crippen LogP contribution >= 0.6 is 23.2 Å². The number of nitrogens with zero attached hydrogens (tertiary/aromatic N) is 1. The van der Waals surface area contributed by atoms with E-state index in [1.165, 1.54) is 23.1 Å². The van der Waals surface area contributed by atoms with Crippen LogP contribution in [-0.4, -0.2) is 35.9 Å². The van der Waals surface area contributed by atoms with Gasteiger partial charge in [0.15, 0.2) is 18.2 Å². The Hall–Kier alpha value is -2.31. The van der Waals surface area contributed by atoms with Crippen LogP contribution in [0.1, 0.15) is 25.8 Å². The lowest BCUT2D eigenvalue weighted by molar-refractivity contribution is -0.142. The molecule has 156 valence electrons. The Morgan fingerprint density at radius 3 is 2.41 bits per heavy atom. The predicted octanol–water partition coefficient (Wildman–Crippen LogP) is 4.45. The Balaban J connectivity index is 2.22. The number of carbonyl (C=O) groups excluding carboxylic acids is 2. The van der Waals surface area contributed by atoms with Gasteiger partial charge in [0, 0.05) is 28.7 Å². The van der Waals surface area contributed by atoms with E-state index in [0.29, 0.717) is 22.2 Å². The summed E-state index contributed by atoms with van der Waals surface area (Å²) in [6, 6.07) is 9.99. The maximum Gasteiger partial charge on any atom is 0.261 e. The smallest absolute Gasteiger partial charge is 0.261 e. The van der Waals surface area contributed by atoms with Crippen molar-refractivity contribution in [3.05, 3.63) is 63.9 Å². The SMILES string of the molecule is CCCNC(=O)C(C)N(Cc1c(Cl)cccc1Cl)C(=O)COc1ccccc1F. The predicted molar refractivity (Wildman–Crippen MR) is 112 cm³/mol. The van der Waals surface area contributed by atoms with Crippen LogP contribution in [0.2, 0.25) is 10.0 Å². The molecule has 0 spiro atoms. The number of benzene rings is 2. The maximum absolute atomic E-state index is 13.8. The highest BCUT2D eigenvalue weighted by molar-refractivity contribution is 6.36. The minimum absolute atomic E-state index is 0.0126. The van der Waals surface area contributed by atoms with Gasteiger partial charge in [-0.3, -0.25) is 9.59 Å². The second-order valence-electron chi connectivity index (χ2n) is 6.41. The van der Waals surface area contributed by atoms with Gasteiger partial charge in [-0.05, 0) is 37.6 Å². The topological polar surface area (TPSA) is 58.6 Å². The Labute approximate surface area is 179 Å². The third-order valence-corrected chi connectivity index (χ3v) is 5.00. The Morgan fingerprint density at radius 2 is 1.79 bits per heavy atom. The minimum atomic E-state index is -0.800. The lowest BCUT2D eigenvalue weighted by Crippen LogP contribution is -2.49. The monoisotopic (exact) mass is 440 g/mol. The summed E-state index contributed by atoms with van der Waals surface area (Å²) >= 11 is 12.5. The first-order chi connectivity index (χ1) is 13.8. The van der Waals surface area contributed by atoms with Crippen molar-refractivity contribution in [2.75, 3.05) is 13.2 Å². The fourth-order valence-electron chi connectivity index (χ4n) is 2.62. The van der Waals surface area contributed by atoms with E-state index in [9.17, 15) is 14.0 Å². The number of hydrogen-bond acceptors (Lipinski definition) is 3. The molecule has 8 heteroatoms. The van der Waals surface area contributed by atoms with Gasteiger partial charge in [0.25, 0.3) is 5.91 Å². The van der Waals surface area contributed by atoms with Crippen LogP contribution in [0.25, 0.3) is 0 Å². The van der Waals surface area contributed by atoms with Crippen LogP contribution in [0.15, 0.2) is 42.5 Å². The Kier molecular flexibility index (Phi) is 8.73. The molecule has 0 aliphatic heterocycles. The van der Waals surface area contributed by atoms with E-state index in [2.05, 4.69) is 5.32 Å². The van der Waals surface area contributed by atoms with Crippen molar-refractivity contribution in [1.82, 2.24) is 10.2 Å². The molecular weight excluding hydrogens is 418 g/mol. The van der Waals surface area contributed by atoms with Gasteiger partial charge >= 0.3 is 0 Å². The van der Waals surface area contributed by atoms with Gasteiger partial charge < -0.3 is 15.0 Å². The van der Waals surface area contributed by atoms with Gasteiger partial charge in [-0.15, -0.1) is 0 Å². The fraction of sp³-hybridized carbons (Fsp3) is 0.333. The molecule has 2 rings (SSSR count). The van der Waals surface area contributed by atoms with Crippen LogP contribution in [-0.2, 0) is 16.1 Å². The standard InChI is InChI=1S/C21H23Cl2FN2O3/c1-3-11-25-21(28)14(2)26(12-15-16(22)7-6-8-17(15)23)20(27)13-29-19-10-5-4-9-18(19)24/h4-10,14H,3,11-13H2,1-2H3,(H,25,28). The lowest BCUT2D eigenvalue weighted by atomic mass is 10.1. The number of halogens is 3. The Morgan fingerprint density at radius 1 is 1.14 bits per heavy atom. The molecule has 0 fully saturated rings. The quantitative estimate of drug-likeness (QED) is 0.626. The second kappa shape index (κ2) is 11.0. The molecule has 29 heavy (non-hydrogen) atoms. The average molecular weight is 441 g/mol. The summed E-state index contributed by atoms with van der Waals surface area (Å²) in [7, 11) is 0. The van der Waals surface area contributed by atoms with Crippen LogP contribution in [0.3, 0.4) is 0 Å². The average Bonchev–Trinajstić information content (AvgIpc) is 2.70. The third kappa shape index (κ3) is 6.34. The number of rotatable bonds is 9. The van der Waals surface area contributed by atoms with E-state index in [4.69, 9.17) is 27.9 Å². The summed E-state index contributed by atoms with van der Waals surface area (Å²) in [6.07, 6.45) is 0.763. The van der Waals surface area contributed by atoms with E-state index in [-0.39, 0.29) is 18.2 Å². The molecule has 2 aromatic carbocycles. The van der Waals surface area contributed by atoms with E-state index < -0.39 is 24.4 Å². The van der Waals surface area contributed by atoms with E-state index in [0.717, 1.165) is 6.42 Å². The van der Waals surface area contributed by atoms with Crippen LogP contribution < -0.4 is 10.1 Å². The van der Waals surface area contributed by atoms with E-state index in [1.807, 2.05) is 6.92 Å². The number of carbonyl (C=O) groups is 2. The number of nitrogens with one attached hydrogen (secondary N) is 1. The zero-order valence-corrected chi connectivity index (χ0v) is 17.8. The molecule has 0 aliphatic rings.